The Morgan fingerprint density at radius 2 is 1.54 bits per heavy atom. The third kappa shape index (κ3) is 4.27. The van der Waals surface area contributed by atoms with E-state index >= 15 is 0 Å². The van der Waals surface area contributed by atoms with Crippen molar-refractivity contribution in [1.82, 2.24) is 5.32 Å². The van der Waals surface area contributed by atoms with Gasteiger partial charge in [-0.2, -0.15) is 0 Å². The molecule has 0 atom stereocenters. The van der Waals surface area contributed by atoms with Crippen LogP contribution in [0.3, 0.4) is 0 Å². The van der Waals surface area contributed by atoms with Crippen molar-refractivity contribution in [3.8, 4) is 11.5 Å². The van der Waals surface area contributed by atoms with E-state index in [1.54, 1.807) is 0 Å². The van der Waals surface area contributed by atoms with Crippen LogP contribution in [0.25, 0.3) is 10.8 Å². The minimum absolute atomic E-state index is 0.522. The molecule has 0 aliphatic heterocycles. The first-order chi connectivity index (χ1) is 11.9. The summed E-state index contributed by atoms with van der Waals surface area (Å²) in [6, 6.07) is 22.5. The Morgan fingerprint density at radius 1 is 0.792 bits per heavy atom. The standard InChI is InChI=1S/C21H23NO2/c1-2-22-16-19-9-5-6-10-21(19)24-14-13-23-20-12-11-17-7-3-4-8-18(17)15-20/h3-12,15,22H,2,13-14,16H2,1H3. The van der Waals surface area contributed by atoms with Crippen LogP contribution in [0, 0.1) is 0 Å². The number of rotatable bonds is 8. The van der Waals surface area contributed by atoms with E-state index in [0.29, 0.717) is 13.2 Å². The van der Waals surface area contributed by atoms with Crippen molar-refractivity contribution in [1.29, 1.82) is 0 Å². The molecule has 0 saturated heterocycles. The van der Waals surface area contributed by atoms with Gasteiger partial charge in [0.1, 0.15) is 24.7 Å². The summed E-state index contributed by atoms with van der Waals surface area (Å²) in [4.78, 5) is 0. The fourth-order valence-electron chi connectivity index (χ4n) is 2.62. The van der Waals surface area contributed by atoms with Gasteiger partial charge in [-0.25, -0.2) is 0 Å². The smallest absolute Gasteiger partial charge is 0.123 e. The van der Waals surface area contributed by atoms with Crippen LogP contribution in [0.5, 0.6) is 11.5 Å². The second-order valence-electron chi connectivity index (χ2n) is 5.59. The number of ether oxygens (including phenoxy) is 2. The second kappa shape index (κ2) is 8.37. The second-order valence-corrected chi connectivity index (χ2v) is 5.59. The lowest BCUT2D eigenvalue weighted by Gasteiger charge is -2.12. The largest absolute Gasteiger partial charge is 0.490 e. The summed E-state index contributed by atoms with van der Waals surface area (Å²) >= 11 is 0. The molecule has 3 aromatic rings. The molecule has 0 radical (unpaired) electrons. The maximum absolute atomic E-state index is 5.88. The maximum Gasteiger partial charge on any atom is 0.123 e. The molecular formula is C21H23NO2. The maximum atomic E-state index is 5.88. The first-order valence-electron chi connectivity index (χ1n) is 8.40. The Bertz CT molecular complexity index is 785. The van der Waals surface area contributed by atoms with E-state index in [1.807, 2.05) is 36.4 Å². The molecule has 0 saturated carbocycles. The number of hydrogen-bond acceptors (Lipinski definition) is 3. The molecule has 3 rings (SSSR count). The van der Waals surface area contributed by atoms with Crippen LogP contribution in [0.1, 0.15) is 12.5 Å². The predicted octanol–water partition coefficient (Wildman–Crippen LogP) is 4.41. The molecule has 0 heterocycles. The van der Waals surface area contributed by atoms with Crippen molar-refractivity contribution in [3.05, 3.63) is 72.3 Å². The Balaban J connectivity index is 1.53. The third-order valence-corrected chi connectivity index (χ3v) is 3.87. The van der Waals surface area contributed by atoms with Gasteiger partial charge in [0.25, 0.3) is 0 Å². The van der Waals surface area contributed by atoms with E-state index < -0.39 is 0 Å². The fourth-order valence-corrected chi connectivity index (χ4v) is 2.62. The lowest BCUT2D eigenvalue weighted by Crippen LogP contribution is -2.14. The molecule has 0 aliphatic carbocycles. The van der Waals surface area contributed by atoms with Crippen molar-refractivity contribution in [2.24, 2.45) is 0 Å². The summed E-state index contributed by atoms with van der Waals surface area (Å²) in [5.41, 5.74) is 1.17. The monoisotopic (exact) mass is 321 g/mol. The molecule has 3 nitrogen and oxygen atoms in total. The van der Waals surface area contributed by atoms with Gasteiger partial charge in [-0.3, -0.25) is 0 Å². The van der Waals surface area contributed by atoms with Gasteiger partial charge in [0.15, 0.2) is 0 Å². The molecule has 0 amide bonds. The molecule has 3 aromatic carbocycles. The predicted molar refractivity (Wildman–Crippen MR) is 98.8 cm³/mol. The Morgan fingerprint density at radius 3 is 2.42 bits per heavy atom. The minimum atomic E-state index is 0.522. The highest BCUT2D eigenvalue weighted by Crippen LogP contribution is 2.21. The normalized spacial score (nSPS) is 10.7. The molecule has 24 heavy (non-hydrogen) atoms. The van der Waals surface area contributed by atoms with Crippen molar-refractivity contribution in [2.45, 2.75) is 13.5 Å². The summed E-state index contributed by atoms with van der Waals surface area (Å²) in [6.07, 6.45) is 0. The van der Waals surface area contributed by atoms with Crippen molar-refractivity contribution in [2.75, 3.05) is 19.8 Å². The summed E-state index contributed by atoms with van der Waals surface area (Å²) in [5, 5.41) is 5.73. The van der Waals surface area contributed by atoms with Crippen molar-refractivity contribution >= 4 is 10.8 Å². The van der Waals surface area contributed by atoms with Crippen molar-refractivity contribution < 1.29 is 9.47 Å². The minimum Gasteiger partial charge on any atom is -0.490 e. The number of para-hydroxylation sites is 1. The molecule has 0 bridgehead atoms. The average molecular weight is 321 g/mol. The number of fused-ring (bicyclic) bond motifs is 1. The van der Waals surface area contributed by atoms with Gasteiger partial charge in [-0.05, 0) is 35.5 Å². The Hall–Kier alpha value is -2.52. The van der Waals surface area contributed by atoms with Gasteiger partial charge in [0.2, 0.25) is 0 Å². The zero-order chi connectivity index (χ0) is 16.6. The van der Waals surface area contributed by atoms with Gasteiger partial charge in [-0.1, -0.05) is 55.5 Å². The molecule has 3 heteroatoms. The molecule has 0 unspecified atom stereocenters. The van der Waals surface area contributed by atoms with Crippen LogP contribution in [-0.4, -0.2) is 19.8 Å². The number of nitrogens with one attached hydrogen (secondary N) is 1. The first-order valence-corrected chi connectivity index (χ1v) is 8.40. The van der Waals surface area contributed by atoms with E-state index in [0.717, 1.165) is 24.6 Å². The summed E-state index contributed by atoms with van der Waals surface area (Å²) < 4.78 is 11.7. The van der Waals surface area contributed by atoms with Crippen LogP contribution in [0.15, 0.2) is 66.7 Å². The number of hydrogen-bond donors (Lipinski definition) is 1. The van der Waals surface area contributed by atoms with Gasteiger partial charge >= 0.3 is 0 Å². The van der Waals surface area contributed by atoms with E-state index in [1.165, 1.54) is 16.3 Å². The van der Waals surface area contributed by atoms with E-state index in [9.17, 15) is 0 Å². The molecule has 0 aliphatic rings. The highest BCUT2D eigenvalue weighted by atomic mass is 16.5. The SMILES string of the molecule is CCNCc1ccccc1OCCOc1ccc2ccccc2c1. The zero-order valence-corrected chi connectivity index (χ0v) is 14.0. The Kier molecular flexibility index (Phi) is 5.70. The zero-order valence-electron chi connectivity index (χ0n) is 14.0. The van der Waals surface area contributed by atoms with Crippen LogP contribution >= 0.6 is 0 Å². The summed E-state index contributed by atoms with van der Waals surface area (Å²) in [6.45, 7) is 4.91. The molecule has 1 N–H and O–H groups in total. The highest BCUT2D eigenvalue weighted by molar-refractivity contribution is 5.83. The van der Waals surface area contributed by atoms with Crippen LogP contribution < -0.4 is 14.8 Å². The first kappa shape index (κ1) is 16.3. The quantitative estimate of drug-likeness (QED) is 0.624. The lowest BCUT2D eigenvalue weighted by molar-refractivity contribution is 0.216. The van der Waals surface area contributed by atoms with Gasteiger partial charge in [0.05, 0.1) is 0 Å². The van der Waals surface area contributed by atoms with Gasteiger partial charge in [0, 0.05) is 12.1 Å². The van der Waals surface area contributed by atoms with Crippen LogP contribution in [-0.2, 0) is 6.54 Å². The molecule has 0 spiro atoms. The van der Waals surface area contributed by atoms with Gasteiger partial charge < -0.3 is 14.8 Å². The molecule has 0 fully saturated rings. The highest BCUT2D eigenvalue weighted by Gasteiger charge is 2.03. The summed E-state index contributed by atoms with van der Waals surface area (Å²) in [7, 11) is 0. The fraction of sp³-hybridized carbons (Fsp3) is 0.238. The summed E-state index contributed by atoms with van der Waals surface area (Å²) in [5.74, 6) is 1.79. The third-order valence-electron chi connectivity index (χ3n) is 3.87. The molecular weight excluding hydrogens is 298 g/mol. The van der Waals surface area contributed by atoms with Crippen LogP contribution in [0.2, 0.25) is 0 Å². The van der Waals surface area contributed by atoms with Crippen molar-refractivity contribution in [3.63, 3.8) is 0 Å². The molecule has 0 aromatic heterocycles. The lowest BCUT2D eigenvalue weighted by atomic mass is 10.1. The molecule has 124 valence electrons. The Labute approximate surface area is 143 Å². The average Bonchev–Trinajstić information content (AvgIpc) is 2.64. The topological polar surface area (TPSA) is 30.5 Å². The van der Waals surface area contributed by atoms with E-state index in [-0.39, 0.29) is 0 Å². The van der Waals surface area contributed by atoms with E-state index in [4.69, 9.17) is 9.47 Å². The van der Waals surface area contributed by atoms with E-state index in [2.05, 4.69) is 42.6 Å². The number of benzene rings is 3. The van der Waals surface area contributed by atoms with Crippen LogP contribution in [0.4, 0.5) is 0 Å². The van der Waals surface area contributed by atoms with Gasteiger partial charge in [-0.15, -0.1) is 0 Å².